The van der Waals surface area contributed by atoms with Gasteiger partial charge in [0.05, 0.1) is 0 Å². The molecule has 0 unspecified atom stereocenters. The second-order valence-electron chi connectivity index (χ2n) is 12.7. The van der Waals surface area contributed by atoms with Crippen LogP contribution < -0.4 is 24.8 Å². The fraction of sp³-hybridized carbons (Fsp3) is 0.220. The van der Waals surface area contributed by atoms with Gasteiger partial charge in [0.25, 0.3) is 0 Å². The SMILES string of the molecule is CC(C)(C)c1cc2c(-c3ccccc3)cccc2[cH-]1.CC(C)(C)c1cc2c(-c3ccccc3)cccc2[cH-]1.[CH2-]C[CH2-].[Cl-].[Cl-].[Zr+2]. The molecule has 0 aliphatic rings. The summed E-state index contributed by atoms with van der Waals surface area (Å²) in [6.07, 6.45) is 0.750. The van der Waals surface area contributed by atoms with E-state index in [9.17, 15) is 0 Å². The summed E-state index contributed by atoms with van der Waals surface area (Å²) >= 11 is 0. The van der Waals surface area contributed by atoms with Crippen molar-refractivity contribution in [1.29, 1.82) is 0 Å². The Balaban J connectivity index is 0.000000380. The molecule has 6 aromatic rings. The number of fused-ring (bicyclic) bond motifs is 2. The van der Waals surface area contributed by atoms with Crippen molar-refractivity contribution in [2.45, 2.75) is 58.8 Å². The molecule has 0 aliphatic carbocycles. The van der Waals surface area contributed by atoms with Gasteiger partial charge in [-0.15, -0.1) is 69.1 Å². The number of rotatable bonds is 2. The molecule has 44 heavy (non-hydrogen) atoms. The maximum Gasteiger partial charge on any atom is 2.00 e. The quantitative estimate of drug-likeness (QED) is 0.192. The second kappa shape index (κ2) is 17.3. The van der Waals surface area contributed by atoms with Gasteiger partial charge in [0, 0.05) is 0 Å². The van der Waals surface area contributed by atoms with Crippen LogP contribution in [0, 0.1) is 13.8 Å². The molecule has 0 aliphatic heterocycles. The maximum atomic E-state index is 3.38. The molecule has 230 valence electrons. The molecule has 0 saturated heterocycles. The first-order valence-electron chi connectivity index (χ1n) is 14.6. The van der Waals surface area contributed by atoms with Crippen molar-refractivity contribution in [3.63, 3.8) is 0 Å². The van der Waals surface area contributed by atoms with Gasteiger partial charge in [0.2, 0.25) is 0 Å². The van der Waals surface area contributed by atoms with Gasteiger partial charge < -0.3 is 45.1 Å². The smallest absolute Gasteiger partial charge is 1.00 e. The van der Waals surface area contributed by atoms with Gasteiger partial charge in [0.15, 0.2) is 0 Å². The topological polar surface area (TPSA) is 0 Å². The van der Waals surface area contributed by atoms with Crippen molar-refractivity contribution >= 4 is 21.5 Å². The molecule has 3 heteroatoms. The fourth-order valence-electron chi connectivity index (χ4n) is 5.07. The number of halogens is 2. The van der Waals surface area contributed by atoms with Gasteiger partial charge in [-0.05, 0) is 22.0 Å². The second-order valence-corrected chi connectivity index (χ2v) is 12.7. The van der Waals surface area contributed by atoms with Gasteiger partial charge in [-0.3, -0.25) is 0 Å². The van der Waals surface area contributed by atoms with Crippen molar-refractivity contribution < 1.29 is 51.0 Å². The minimum atomic E-state index is 0. The average Bonchev–Trinajstić information content (AvgIpc) is 3.60. The van der Waals surface area contributed by atoms with Crippen LogP contribution in [0.2, 0.25) is 0 Å². The first-order valence-corrected chi connectivity index (χ1v) is 14.6. The van der Waals surface area contributed by atoms with Crippen molar-refractivity contribution in [2.75, 3.05) is 0 Å². The normalized spacial score (nSPS) is 10.7. The molecule has 0 N–H and O–H groups in total. The van der Waals surface area contributed by atoms with Gasteiger partial charge in [-0.1, -0.05) is 125 Å². The molecule has 6 rings (SSSR count). The maximum absolute atomic E-state index is 3.38. The monoisotopic (exact) mass is 696 g/mol. The van der Waals surface area contributed by atoms with E-state index < -0.39 is 0 Å². The molecule has 0 radical (unpaired) electrons. The summed E-state index contributed by atoms with van der Waals surface area (Å²) in [5, 5.41) is 5.40. The van der Waals surface area contributed by atoms with Crippen molar-refractivity contribution in [2.24, 2.45) is 0 Å². The van der Waals surface area contributed by atoms with Crippen LogP contribution in [0.5, 0.6) is 0 Å². The number of hydrogen-bond donors (Lipinski definition) is 0. The summed E-state index contributed by atoms with van der Waals surface area (Å²) in [5.41, 5.74) is 8.46. The van der Waals surface area contributed by atoms with E-state index in [0.717, 1.165) is 6.42 Å². The van der Waals surface area contributed by atoms with Crippen LogP contribution in [0.1, 0.15) is 59.1 Å². The van der Waals surface area contributed by atoms with Crippen LogP contribution in [0.15, 0.2) is 121 Å². The summed E-state index contributed by atoms with van der Waals surface area (Å²) in [4.78, 5) is 0. The van der Waals surface area contributed by atoms with Crippen LogP contribution >= 0.6 is 0 Å². The Kier molecular flexibility index (Phi) is 15.6. The molecule has 0 amide bonds. The third kappa shape index (κ3) is 9.78. The van der Waals surface area contributed by atoms with Crippen LogP contribution in [0.3, 0.4) is 0 Å². The Hall–Kier alpha value is -2.44. The van der Waals surface area contributed by atoms with E-state index in [1.807, 2.05) is 0 Å². The first-order chi connectivity index (χ1) is 19.5. The molecule has 0 bridgehead atoms. The van der Waals surface area contributed by atoms with Crippen molar-refractivity contribution in [1.82, 2.24) is 0 Å². The molecular weight excluding hydrogens is 655 g/mol. The molecule has 0 fully saturated rings. The first kappa shape index (κ1) is 39.6. The number of hydrogen-bond acceptors (Lipinski definition) is 0. The molecule has 0 spiro atoms. The third-order valence-electron chi connectivity index (χ3n) is 7.40. The Morgan fingerprint density at radius 2 is 0.818 bits per heavy atom. The molecular formula is C41H44Cl2Zr-4. The summed E-state index contributed by atoms with van der Waals surface area (Å²) in [6.45, 7) is 20.4. The van der Waals surface area contributed by atoms with Crippen molar-refractivity contribution in [3.05, 3.63) is 146 Å². The zero-order valence-electron chi connectivity index (χ0n) is 26.9. The van der Waals surface area contributed by atoms with E-state index in [-0.39, 0.29) is 61.8 Å². The van der Waals surface area contributed by atoms with E-state index in [1.165, 1.54) is 54.9 Å². The largest absolute Gasteiger partial charge is 2.00 e. The van der Waals surface area contributed by atoms with Crippen LogP contribution in [0.25, 0.3) is 43.8 Å². The molecule has 6 aromatic carbocycles. The van der Waals surface area contributed by atoms with Crippen LogP contribution in [0.4, 0.5) is 0 Å². The fourth-order valence-corrected chi connectivity index (χ4v) is 5.07. The molecule has 0 heterocycles. The predicted octanol–water partition coefficient (Wildman–Crippen LogP) is 6.10. The Labute approximate surface area is 298 Å². The Bertz CT molecular complexity index is 1550. The standard InChI is InChI=1S/2C19H19.C3H6.2ClH.Zr/c2*1-19(2,3)16-12-15-10-7-11-17(18(15)13-16)14-8-5-4-6-9-14;1-3-2;;;/h2*4-13H,1-3H3;1-3H2;2*1H;/q2*-1;-2;;;+2/p-2. The van der Waals surface area contributed by atoms with E-state index in [2.05, 4.69) is 177 Å². The zero-order chi connectivity index (χ0) is 29.6. The Morgan fingerprint density at radius 1 is 0.500 bits per heavy atom. The van der Waals surface area contributed by atoms with Crippen molar-refractivity contribution in [3.8, 4) is 22.3 Å². The van der Waals surface area contributed by atoms with Crippen LogP contribution in [-0.4, -0.2) is 0 Å². The Morgan fingerprint density at radius 3 is 1.11 bits per heavy atom. The van der Waals surface area contributed by atoms with E-state index in [1.54, 1.807) is 0 Å². The molecule has 0 aromatic heterocycles. The summed E-state index contributed by atoms with van der Waals surface area (Å²) < 4.78 is 0. The average molecular weight is 699 g/mol. The van der Waals surface area contributed by atoms with Gasteiger partial charge in [0.1, 0.15) is 0 Å². The summed E-state index contributed by atoms with van der Waals surface area (Å²) in [6, 6.07) is 43.7. The number of benzene rings is 4. The zero-order valence-corrected chi connectivity index (χ0v) is 30.9. The third-order valence-corrected chi connectivity index (χ3v) is 7.40. The molecule has 0 saturated carbocycles. The molecule has 0 atom stereocenters. The molecule has 0 nitrogen and oxygen atoms in total. The predicted molar refractivity (Wildman–Crippen MR) is 183 cm³/mol. The minimum Gasteiger partial charge on any atom is -1.00 e. The van der Waals surface area contributed by atoms with Gasteiger partial charge >= 0.3 is 26.2 Å². The van der Waals surface area contributed by atoms with E-state index >= 15 is 0 Å². The summed E-state index contributed by atoms with van der Waals surface area (Å²) in [5.74, 6) is 0. The van der Waals surface area contributed by atoms with Crippen LogP contribution in [-0.2, 0) is 37.0 Å². The van der Waals surface area contributed by atoms with E-state index in [0.29, 0.717) is 0 Å². The summed E-state index contributed by atoms with van der Waals surface area (Å²) in [7, 11) is 0. The minimum absolute atomic E-state index is 0. The van der Waals surface area contributed by atoms with Gasteiger partial charge in [-0.25, -0.2) is 0 Å². The van der Waals surface area contributed by atoms with E-state index in [4.69, 9.17) is 0 Å². The van der Waals surface area contributed by atoms with Gasteiger partial charge in [-0.2, -0.15) is 12.1 Å².